The summed E-state index contributed by atoms with van der Waals surface area (Å²) in [5, 5.41) is 11.0. The molecule has 1 aliphatic rings. The van der Waals surface area contributed by atoms with Gasteiger partial charge in [0.2, 0.25) is 0 Å². The average Bonchev–Trinajstić information content (AvgIpc) is 3.21. The maximum atomic E-state index is 13.4. The van der Waals surface area contributed by atoms with Gasteiger partial charge in [-0.1, -0.05) is 20.3 Å². The zero-order valence-corrected chi connectivity index (χ0v) is 26.5. The molecule has 35 heavy (non-hydrogen) atoms. The van der Waals surface area contributed by atoms with E-state index in [1.165, 1.54) is 0 Å². The largest absolute Gasteiger partial charge is 0.507 e. The van der Waals surface area contributed by atoms with Gasteiger partial charge in [-0.15, -0.1) is 0 Å². The molecule has 0 amide bonds. The minimum Gasteiger partial charge on any atom is -0.507 e. The molecule has 198 valence electrons. The fourth-order valence-corrected chi connectivity index (χ4v) is 6.76. The molecule has 0 aromatic heterocycles. The molecule has 0 bridgehead atoms. The van der Waals surface area contributed by atoms with Crippen LogP contribution in [0.3, 0.4) is 0 Å². The molecule has 2 atom stereocenters. The van der Waals surface area contributed by atoms with Crippen molar-refractivity contribution in [3.05, 3.63) is 24.8 Å². The molecule has 0 aliphatic heterocycles. The van der Waals surface area contributed by atoms with E-state index in [-0.39, 0.29) is 23.6 Å². The number of rotatable bonds is 12. The lowest BCUT2D eigenvalue weighted by atomic mass is 9.70. The number of phenolic OH excluding ortho intramolecular Hbond substituents is 1. The van der Waals surface area contributed by atoms with Gasteiger partial charge in [0.05, 0.1) is 21.0 Å². The minimum atomic E-state index is -0.782. The van der Waals surface area contributed by atoms with E-state index in [1.54, 1.807) is 0 Å². The zero-order chi connectivity index (χ0) is 26.4. The Kier molecular flexibility index (Phi) is 11.2. The van der Waals surface area contributed by atoms with Crippen LogP contribution >= 0.6 is 45.2 Å². The molecule has 0 heterocycles. The third kappa shape index (κ3) is 8.20. The van der Waals surface area contributed by atoms with Gasteiger partial charge < -0.3 is 14.6 Å². The summed E-state index contributed by atoms with van der Waals surface area (Å²) in [6.07, 6.45) is 7.30. The second kappa shape index (κ2) is 12.8. The third-order valence-electron chi connectivity index (χ3n) is 7.51. The third-order valence-corrected chi connectivity index (χ3v) is 8.95. The molecule has 0 saturated heterocycles. The normalized spacial score (nSPS) is 18.1. The summed E-state index contributed by atoms with van der Waals surface area (Å²) in [5.41, 5.74) is -1.13. The Morgan fingerprint density at radius 1 is 1.09 bits per heavy atom. The minimum absolute atomic E-state index is 0.211. The van der Waals surface area contributed by atoms with Crippen LogP contribution in [0.5, 0.6) is 5.75 Å². The average molecular weight is 712 g/mol. The number of carbonyl (C=O) groups is 2. The smallest absolute Gasteiger partial charge is 0.312 e. The van der Waals surface area contributed by atoms with E-state index in [0.29, 0.717) is 25.9 Å². The van der Waals surface area contributed by atoms with Crippen LogP contribution in [0.25, 0.3) is 0 Å². The summed E-state index contributed by atoms with van der Waals surface area (Å²) < 4.78 is 13.5. The van der Waals surface area contributed by atoms with Crippen molar-refractivity contribution in [2.24, 2.45) is 10.8 Å². The number of aromatic hydroxyl groups is 1. The highest BCUT2D eigenvalue weighted by molar-refractivity contribution is 14.1. The zero-order valence-electron chi connectivity index (χ0n) is 22.1. The van der Waals surface area contributed by atoms with Crippen LogP contribution < -0.4 is 0 Å². The molecule has 7 heteroatoms. The predicted molar refractivity (Wildman–Crippen MR) is 157 cm³/mol. The fraction of sp³-hybridized carbons (Fsp3) is 0.714. The van der Waals surface area contributed by atoms with Crippen molar-refractivity contribution in [2.45, 2.75) is 111 Å². The van der Waals surface area contributed by atoms with Gasteiger partial charge in [-0.2, -0.15) is 0 Å². The highest BCUT2D eigenvalue weighted by Crippen LogP contribution is 2.46. The molecular weight excluding hydrogens is 670 g/mol. The molecule has 1 N–H and O–H groups in total. The maximum absolute atomic E-state index is 13.4. The lowest BCUT2D eigenvalue weighted by molar-refractivity contribution is -0.169. The Morgan fingerprint density at radius 2 is 1.71 bits per heavy atom. The molecule has 1 fully saturated rings. The van der Waals surface area contributed by atoms with Gasteiger partial charge in [0.1, 0.15) is 11.4 Å². The van der Waals surface area contributed by atoms with E-state index in [0.717, 1.165) is 51.2 Å². The van der Waals surface area contributed by atoms with Crippen molar-refractivity contribution in [3.63, 3.8) is 0 Å². The number of ether oxygens (including phenoxy) is 2. The lowest BCUT2D eigenvalue weighted by Crippen LogP contribution is -2.38. The van der Waals surface area contributed by atoms with E-state index >= 15 is 0 Å². The van der Waals surface area contributed by atoms with Crippen molar-refractivity contribution in [3.8, 4) is 5.75 Å². The van der Waals surface area contributed by atoms with Crippen LogP contribution in [-0.2, 0) is 19.1 Å². The summed E-state index contributed by atoms with van der Waals surface area (Å²) >= 11 is 4.39. The van der Waals surface area contributed by atoms with Crippen LogP contribution in [0.4, 0.5) is 0 Å². The first-order chi connectivity index (χ1) is 16.3. The summed E-state index contributed by atoms with van der Waals surface area (Å²) in [7, 11) is 0. The van der Waals surface area contributed by atoms with Crippen molar-refractivity contribution in [1.82, 2.24) is 0 Å². The Balaban J connectivity index is 2.38. The number of phenols is 1. The molecule has 1 aromatic carbocycles. The number of halogens is 2. The molecule has 1 aromatic rings. The number of hydrogen-bond acceptors (Lipinski definition) is 5. The Morgan fingerprint density at radius 3 is 2.29 bits per heavy atom. The first kappa shape index (κ1) is 30.6. The summed E-state index contributed by atoms with van der Waals surface area (Å²) in [5.74, 6) is -0.422. The number of carbonyl (C=O) groups excluding carboxylic acids is 2. The fourth-order valence-electron chi connectivity index (χ4n) is 4.87. The maximum Gasteiger partial charge on any atom is 0.312 e. The van der Waals surface area contributed by atoms with Gasteiger partial charge in [0.15, 0.2) is 0 Å². The summed E-state index contributed by atoms with van der Waals surface area (Å²) in [4.78, 5) is 26.5. The van der Waals surface area contributed by atoms with E-state index < -0.39 is 16.4 Å². The van der Waals surface area contributed by atoms with Crippen molar-refractivity contribution in [1.29, 1.82) is 0 Å². The van der Waals surface area contributed by atoms with Gasteiger partial charge in [-0.25, -0.2) is 0 Å². The van der Waals surface area contributed by atoms with Gasteiger partial charge >= 0.3 is 11.9 Å². The quantitative estimate of drug-likeness (QED) is 0.135. The summed E-state index contributed by atoms with van der Waals surface area (Å²) in [6.45, 7) is 12.3. The Bertz CT molecular complexity index is 892. The second-order valence-corrected chi connectivity index (χ2v) is 13.7. The standard InChI is InChI=1S/C28H42I2O5/c1-7-9-14-34-25(33)27(5,8-2)18-19(21-15-20(29)16-22(30)23(21)31)17-26(3,4)24(32)35-28(6)12-10-11-13-28/h15-16,19,31H,7-14,17-18H2,1-6H3. The van der Waals surface area contributed by atoms with Crippen molar-refractivity contribution < 1.29 is 24.2 Å². The Labute approximate surface area is 238 Å². The van der Waals surface area contributed by atoms with Crippen molar-refractivity contribution >= 4 is 57.1 Å². The second-order valence-electron chi connectivity index (χ2n) is 11.3. The van der Waals surface area contributed by atoms with Crippen LogP contribution in [0, 0.1) is 18.0 Å². The molecule has 0 spiro atoms. The predicted octanol–water partition coefficient (Wildman–Crippen LogP) is 8.13. The number of hydrogen-bond donors (Lipinski definition) is 1. The van der Waals surface area contributed by atoms with Gasteiger partial charge in [0, 0.05) is 3.57 Å². The topological polar surface area (TPSA) is 72.8 Å². The SMILES string of the molecule is CCCCOC(=O)C(C)(CC)CC(CC(C)(C)C(=O)OC1(C)CCCC1)c1cc(I)cc(I)c1O. The van der Waals surface area contributed by atoms with E-state index in [9.17, 15) is 14.7 Å². The van der Waals surface area contributed by atoms with Crippen LogP contribution in [0.15, 0.2) is 12.1 Å². The molecule has 0 radical (unpaired) electrons. The van der Waals surface area contributed by atoms with Gasteiger partial charge in [-0.3, -0.25) is 9.59 Å². The van der Waals surface area contributed by atoms with Gasteiger partial charge in [-0.05, 0) is 148 Å². The lowest BCUT2D eigenvalue weighted by Gasteiger charge is -2.36. The van der Waals surface area contributed by atoms with Crippen molar-refractivity contribution in [2.75, 3.05) is 6.61 Å². The van der Waals surface area contributed by atoms with E-state index in [2.05, 4.69) is 52.1 Å². The van der Waals surface area contributed by atoms with E-state index in [4.69, 9.17) is 9.47 Å². The molecule has 5 nitrogen and oxygen atoms in total. The molecule has 1 saturated carbocycles. The number of unbranched alkanes of at least 4 members (excludes halogenated alkanes) is 1. The molecule has 2 unspecified atom stereocenters. The first-order valence-electron chi connectivity index (χ1n) is 12.9. The van der Waals surface area contributed by atoms with Crippen LogP contribution in [-0.4, -0.2) is 29.3 Å². The molecule has 1 aliphatic carbocycles. The van der Waals surface area contributed by atoms with Crippen LogP contribution in [0.1, 0.15) is 111 Å². The van der Waals surface area contributed by atoms with E-state index in [1.807, 2.05) is 46.8 Å². The first-order valence-corrected chi connectivity index (χ1v) is 15.0. The van der Waals surface area contributed by atoms with Crippen LogP contribution in [0.2, 0.25) is 0 Å². The summed E-state index contributed by atoms with van der Waals surface area (Å²) in [6, 6.07) is 3.90. The highest BCUT2D eigenvalue weighted by atomic mass is 127. The Hall–Kier alpha value is -0.580. The van der Waals surface area contributed by atoms with Gasteiger partial charge in [0.25, 0.3) is 0 Å². The molecule has 2 rings (SSSR count). The molecular formula is C28H42I2O5. The highest BCUT2D eigenvalue weighted by Gasteiger charge is 2.43. The number of benzene rings is 1. The number of esters is 2. The monoisotopic (exact) mass is 712 g/mol.